The Hall–Kier alpha value is -1.91. The predicted octanol–water partition coefficient (Wildman–Crippen LogP) is 1.07. The zero-order valence-electron chi connectivity index (χ0n) is 9.44. The van der Waals surface area contributed by atoms with Crippen LogP contribution < -0.4 is 10.2 Å². The van der Waals surface area contributed by atoms with Gasteiger partial charge in [-0.3, -0.25) is 9.59 Å². The van der Waals surface area contributed by atoms with Crippen LogP contribution in [0.15, 0.2) is 24.3 Å². The lowest BCUT2D eigenvalue weighted by Crippen LogP contribution is -2.40. The van der Waals surface area contributed by atoms with E-state index in [1.54, 1.807) is 18.2 Å². The first-order chi connectivity index (χ1) is 8.09. The molecule has 0 bridgehead atoms. The summed E-state index contributed by atoms with van der Waals surface area (Å²) in [5.41, 5.74) is 0.269. The number of carbonyl (C=O) groups is 2. The van der Waals surface area contributed by atoms with E-state index in [4.69, 9.17) is 0 Å². The molecule has 1 aliphatic rings. The quantitative estimate of drug-likeness (QED) is 0.835. The molecule has 17 heavy (non-hydrogen) atoms. The van der Waals surface area contributed by atoms with E-state index >= 15 is 0 Å². The fourth-order valence-corrected chi connectivity index (χ4v) is 1.97. The van der Waals surface area contributed by atoms with E-state index in [2.05, 4.69) is 5.32 Å². The van der Waals surface area contributed by atoms with Gasteiger partial charge in [0.25, 0.3) is 0 Å². The number of rotatable bonds is 2. The maximum absolute atomic E-state index is 13.5. The third-order valence-corrected chi connectivity index (χ3v) is 2.73. The van der Waals surface area contributed by atoms with Gasteiger partial charge < -0.3 is 10.2 Å². The predicted molar refractivity (Wildman–Crippen MR) is 61.0 cm³/mol. The lowest BCUT2D eigenvalue weighted by molar-refractivity contribution is -0.125. The van der Waals surface area contributed by atoms with E-state index in [1.807, 2.05) is 0 Å². The van der Waals surface area contributed by atoms with Crippen molar-refractivity contribution in [2.75, 3.05) is 11.4 Å². The largest absolute Gasteiger partial charge is 0.344 e. The van der Waals surface area contributed by atoms with Crippen molar-refractivity contribution in [2.24, 2.45) is 0 Å². The molecule has 1 heterocycles. The summed E-state index contributed by atoms with van der Waals surface area (Å²) >= 11 is 0. The van der Waals surface area contributed by atoms with Crippen molar-refractivity contribution in [3.05, 3.63) is 30.1 Å². The highest BCUT2D eigenvalue weighted by Crippen LogP contribution is 2.24. The Morgan fingerprint density at radius 3 is 2.82 bits per heavy atom. The molecule has 2 amide bonds. The Bertz CT molecular complexity index is 462. The number of hydrogen-bond donors (Lipinski definition) is 1. The maximum Gasteiger partial charge on any atom is 0.249 e. The van der Waals surface area contributed by atoms with Crippen LogP contribution in [0.25, 0.3) is 0 Å². The second-order valence-corrected chi connectivity index (χ2v) is 3.98. The maximum atomic E-state index is 13.5. The van der Waals surface area contributed by atoms with Gasteiger partial charge in [-0.25, -0.2) is 4.39 Å². The number of benzene rings is 1. The molecule has 1 aromatic carbocycles. The number of nitrogens with zero attached hydrogens (tertiary/aromatic N) is 1. The van der Waals surface area contributed by atoms with Crippen molar-refractivity contribution in [3.63, 3.8) is 0 Å². The number of hydrogen-bond acceptors (Lipinski definition) is 2. The molecule has 0 saturated carbocycles. The van der Waals surface area contributed by atoms with Crippen LogP contribution in [0.1, 0.15) is 13.3 Å². The molecule has 5 heteroatoms. The summed E-state index contributed by atoms with van der Waals surface area (Å²) < 4.78 is 13.5. The van der Waals surface area contributed by atoms with Gasteiger partial charge in [0.2, 0.25) is 11.8 Å². The van der Waals surface area contributed by atoms with Crippen molar-refractivity contribution >= 4 is 17.5 Å². The Morgan fingerprint density at radius 1 is 1.47 bits per heavy atom. The van der Waals surface area contributed by atoms with Crippen LogP contribution in [0, 0.1) is 5.82 Å². The second-order valence-electron chi connectivity index (χ2n) is 3.98. The van der Waals surface area contributed by atoms with E-state index in [1.165, 1.54) is 17.9 Å². The third-order valence-electron chi connectivity index (χ3n) is 2.73. The summed E-state index contributed by atoms with van der Waals surface area (Å²) in [5, 5.41) is 2.56. The molecule has 0 aromatic heterocycles. The van der Waals surface area contributed by atoms with Gasteiger partial charge in [0.15, 0.2) is 0 Å². The van der Waals surface area contributed by atoms with Crippen LogP contribution in [0.3, 0.4) is 0 Å². The normalized spacial score (nSPS) is 19.5. The highest BCUT2D eigenvalue weighted by atomic mass is 19.1. The van der Waals surface area contributed by atoms with Crippen molar-refractivity contribution in [1.82, 2.24) is 5.32 Å². The molecule has 4 nitrogen and oxygen atoms in total. The molecule has 1 atom stereocenters. The van der Waals surface area contributed by atoms with E-state index in [9.17, 15) is 14.0 Å². The number of amides is 2. The first-order valence-corrected chi connectivity index (χ1v) is 5.42. The molecule has 0 spiro atoms. The van der Waals surface area contributed by atoms with Gasteiger partial charge in [-0.05, 0) is 18.6 Å². The first kappa shape index (κ1) is 11.6. The lowest BCUT2D eigenvalue weighted by Gasteiger charge is -2.17. The molecule has 1 fully saturated rings. The fourth-order valence-electron chi connectivity index (χ4n) is 1.97. The van der Waals surface area contributed by atoms with Crippen LogP contribution >= 0.6 is 0 Å². The molecule has 2 rings (SSSR count). The molecule has 90 valence electrons. The number of para-hydroxylation sites is 1. The lowest BCUT2D eigenvalue weighted by atomic mass is 10.2. The number of nitrogens with one attached hydrogen (secondary N) is 1. The summed E-state index contributed by atoms with van der Waals surface area (Å²) in [6.07, 6.45) is 0.507. The van der Waals surface area contributed by atoms with Gasteiger partial charge in [-0.15, -0.1) is 0 Å². The van der Waals surface area contributed by atoms with Gasteiger partial charge in [0.05, 0.1) is 5.69 Å². The van der Waals surface area contributed by atoms with E-state index in [0.29, 0.717) is 13.0 Å². The average Bonchev–Trinajstić information content (AvgIpc) is 2.61. The van der Waals surface area contributed by atoms with Crippen LogP contribution in [-0.2, 0) is 9.59 Å². The Labute approximate surface area is 98.4 Å². The fraction of sp³-hybridized carbons (Fsp3) is 0.333. The molecule has 1 saturated heterocycles. The Kier molecular flexibility index (Phi) is 3.08. The van der Waals surface area contributed by atoms with Gasteiger partial charge in [0, 0.05) is 13.5 Å². The minimum Gasteiger partial charge on any atom is -0.344 e. The number of halogens is 1. The molecular weight excluding hydrogens is 223 g/mol. The third kappa shape index (κ3) is 2.27. The smallest absolute Gasteiger partial charge is 0.249 e. The van der Waals surface area contributed by atoms with Gasteiger partial charge >= 0.3 is 0 Å². The summed E-state index contributed by atoms with van der Waals surface area (Å²) in [5.74, 6) is -0.937. The molecule has 1 aromatic rings. The highest BCUT2D eigenvalue weighted by Gasteiger charge is 2.33. The highest BCUT2D eigenvalue weighted by molar-refractivity contribution is 6.01. The van der Waals surface area contributed by atoms with E-state index in [0.717, 1.165) is 0 Å². The first-order valence-electron chi connectivity index (χ1n) is 5.42. The van der Waals surface area contributed by atoms with Crippen LogP contribution in [0.2, 0.25) is 0 Å². The second kappa shape index (κ2) is 4.53. The molecule has 1 aliphatic heterocycles. The van der Waals surface area contributed by atoms with E-state index < -0.39 is 11.9 Å². The van der Waals surface area contributed by atoms with Crippen molar-refractivity contribution in [2.45, 2.75) is 19.4 Å². The molecular formula is C12H13FN2O2. The number of carbonyl (C=O) groups excluding carboxylic acids is 2. The minimum absolute atomic E-state index is 0.251. The number of anilines is 1. The van der Waals surface area contributed by atoms with Crippen LogP contribution in [0.4, 0.5) is 10.1 Å². The summed E-state index contributed by atoms with van der Waals surface area (Å²) in [6.45, 7) is 1.78. The van der Waals surface area contributed by atoms with Crippen molar-refractivity contribution < 1.29 is 14.0 Å². The van der Waals surface area contributed by atoms with Crippen molar-refractivity contribution in [1.29, 1.82) is 0 Å². The Morgan fingerprint density at radius 2 is 2.18 bits per heavy atom. The van der Waals surface area contributed by atoms with Crippen LogP contribution in [0.5, 0.6) is 0 Å². The Balaban J connectivity index is 2.18. The summed E-state index contributed by atoms with van der Waals surface area (Å²) in [6, 6.07) is 5.59. The van der Waals surface area contributed by atoms with Gasteiger partial charge in [-0.1, -0.05) is 12.1 Å². The molecule has 0 radical (unpaired) electrons. The van der Waals surface area contributed by atoms with Gasteiger partial charge in [-0.2, -0.15) is 0 Å². The van der Waals surface area contributed by atoms with Crippen LogP contribution in [-0.4, -0.2) is 24.4 Å². The summed E-state index contributed by atoms with van der Waals surface area (Å²) in [7, 11) is 0. The average molecular weight is 236 g/mol. The zero-order chi connectivity index (χ0) is 12.4. The zero-order valence-corrected chi connectivity index (χ0v) is 9.44. The molecule has 1 unspecified atom stereocenters. The minimum atomic E-state index is -0.535. The van der Waals surface area contributed by atoms with Crippen molar-refractivity contribution in [3.8, 4) is 0 Å². The molecule has 1 N–H and O–H groups in total. The standard InChI is InChI=1S/C12H13FN2O2/c1-8(16)14-10-6-7-15(12(10)17)11-5-3-2-4-9(11)13/h2-5,10H,6-7H2,1H3,(H,14,16). The monoisotopic (exact) mass is 236 g/mol. The molecule has 0 aliphatic carbocycles. The SMILES string of the molecule is CC(=O)NC1CCN(c2ccccc2F)C1=O. The van der Waals surface area contributed by atoms with Gasteiger partial charge in [0.1, 0.15) is 11.9 Å². The van der Waals surface area contributed by atoms with E-state index in [-0.39, 0.29) is 17.5 Å². The summed E-state index contributed by atoms with van der Waals surface area (Å²) in [4.78, 5) is 24.2. The topological polar surface area (TPSA) is 49.4 Å².